The summed E-state index contributed by atoms with van der Waals surface area (Å²) in [5.41, 5.74) is 0. The van der Waals surface area contributed by atoms with Crippen LogP contribution >= 0.6 is 0 Å². The van der Waals surface area contributed by atoms with Crippen LogP contribution in [0.1, 0.15) is 32.1 Å². The number of ether oxygens (including phenoxy) is 1. The molecule has 14 heavy (non-hydrogen) atoms. The molecule has 0 aromatic carbocycles. The maximum absolute atomic E-state index is 11.0. The van der Waals surface area contributed by atoms with Crippen LogP contribution in [-0.2, 0) is 4.74 Å². The zero-order valence-electron chi connectivity index (χ0n) is 8.29. The Bertz CT molecular complexity index is 217. The number of rotatable bonds is 3. The lowest BCUT2D eigenvalue weighted by molar-refractivity contribution is 0.117. The Morgan fingerprint density at radius 1 is 1.43 bits per heavy atom. The summed E-state index contributed by atoms with van der Waals surface area (Å²) < 4.78 is 4.98. The first-order chi connectivity index (χ1) is 6.83. The van der Waals surface area contributed by atoms with Gasteiger partial charge < -0.3 is 10.1 Å². The summed E-state index contributed by atoms with van der Waals surface area (Å²) in [6.07, 6.45) is 5.63. The van der Waals surface area contributed by atoms with Crippen LogP contribution in [0, 0.1) is 17.2 Å². The topological polar surface area (TPSA) is 62.1 Å². The van der Waals surface area contributed by atoms with Crippen molar-refractivity contribution in [1.82, 2.24) is 5.32 Å². The Balaban J connectivity index is 2.07. The van der Waals surface area contributed by atoms with Gasteiger partial charge in [-0.15, -0.1) is 0 Å². The molecule has 0 aliphatic heterocycles. The molecule has 0 heterocycles. The van der Waals surface area contributed by atoms with E-state index in [2.05, 4.69) is 5.32 Å². The summed E-state index contributed by atoms with van der Waals surface area (Å²) in [4.78, 5) is 11.0. The molecule has 1 fully saturated rings. The van der Waals surface area contributed by atoms with Gasteiger partial charge in [0, 0.05) is 0 Å². The molecule has 1 amide bonds. The van der Waals surface area contributed by atoms with Gasteiger partial charge in [-0.2, -0.15) is 5.26 Å². The van der Waals surface area contributed by atoms with Gasteiger partial charge in [0.1, 0.15) is 6.54 Å². The second-order valence-corrected chi connectivity index (χ2v) is 3.61. The van der Waals surface area contributed by atoms with Crippen LogP contribution in [0.4, 0.5) is 4.79 Å². The van der Waals surface area contributed by atoms with E-state index in [1.807, 2.05) is 6.07 Å². The molecular weight excluding hydrogens is 180 g/mol. The van der Waals surface area contributed by atoms with Crippen molar-refractivity contribution in [2.75, 3.05) is 13.2 Å². The minimum absolute atomic E-state index is 0.0174. The van der Waals surface area contributed by atoms with Crippen LogP contribution in [0.25, 0.3) is 0 Å². The predicted molar refractivity (Wildman–Crippen MR) is 51.5 cm³/mol. The molecule has 1 N–H and O–H groups in total. The zero-order valence-corrected chi connectivity index (χ0v) is 8.29. The van der Waals surface area contributed by atoms with Gasteiger partial charge in [0.25, 0.3) is 0 Å². The normalized spacial score (nSPS) is 17.1. The summed E-state index contributed by atoms with van der Waals surface area (Å²) in [5, 5.41) is 10.6. The molecule has 1 saturated carbocycles. The molecule has 0 aromatic heterocycles. The Labute approximate surface area is 84.2 Å². The van der Waals surface area contributed by atoms with Crippen LogP contribution in [0.15, 0.2) is 0 Å². The highest BCUT2D eigenvalue weighted by atomic mass is 16.5. The van der Waals surface area contributed by atoms with E-state index in [9.17, 15) is 4.79 Å². The van der Waals surface area contributed by atoms with E-state index in [0.29, 0.717) is 12.5 Å². The van der Waals surface area contributed by atoms with Crippen LogP contribution < -0.4 is 5.32 Å². The second kappa shape index (κ2) is 6.25. The Hall–Kier alpha value is -1.24. The maximum atomic E-state index is 11.0. The van der Waals surface area contributed by atoms with E-state index in [0.717, 1.165) is 12.8 Å². The number of carbonyl (C=O) groups excluding carboxylic acids is 1. The summed E-state index contributed by atoms with van der Waals surface area (Å²) in [5.74, 6) is 0.525. The number of hydrogen-bond donors (Lipinski definition) is 1. The average Bonchev–Trinajstić information content (AvgIpc) is 2.25. The Morgan fingerprint density at radius 3 is 2.79 bits per heavy atom. The van der Waals surface area contributed by atoms with E-state index in [-0.39, 0.29) is 6.54 Å². The van der Waals surface area contributed by atoms with Crippen molar-refractivity contribution in [3.8, 4) is 6.07 Å². The molecule has 78 valence electrons. The summed E-state index contributed by atoms with van der Waals surface area (Å²) in [7, 11) is 0. The first-order valence-electron chi connectivity index (χ1n) is 5.10. The number of carbonyl (C=O) groups is 1. The lowest BCUT2D eigenvalue weighted by Crippen LogP contribution is -2.27. The summed E-state index contributed by atoms with van der Waals surface area (Å²) in [6, 6.07) is 1.82. The fourth-order valence-corrected chi connectivity index (χ4v) is 1.71. The lowest BCUT2D eigenvalue weighted by Gasteiger charge is -2.20. The van der Waals surface area contributed by atoms with Crippen molar-refractivity contribution < 1.29 is 9.53 Å². The number of amides is 1. The molecular formula is C10H16N2O2. The fraction of sp³-hybridized carbons (Fsp3) is 0.800. The Morgan fingerprint density at radius 2 is 2.14 bits per heavy atom. The van der Waals surface area contributed by atoms with Gasteiger partial charge in [0.2, 0.25) is 0 Å². The molecule has 1 rings (SSSR count). The van der Waals surface area contributed by atoms with Crippen molar-refractivity contribution in [2.45, 2.75) is 32.1 Å². The molecule has 1 aliphatic carbocycles. The number of nitrogens with zero attached hydrogens (tertiary/aromatic N) is 1. The van der Waals surface area contributed by atoms with Gasteiger partial charge in [-0.1, -0.05) is 19.3 Å². The van der Waals surface area contributed by atoms with Gasteiger partial charge in [-0.3, -0.25) is 0 Å². The van der Waals surface area contributed by atoms with Crippen molar-refractivity contribution in [1.29, 1.82) is 5.26 Å². The van der Waals surface area contributed by atoms with Crippen molar-refractivity contribution >= 4 is 6.09 Å². The van der Waals surface area contributed by atoms with Gasteiger partial charge >= 0.3 is 6.09 Å². The minimum atomic E-state index is -0.475. The van der Waals surface area contributed by atoms with E-state index in [1.54, 1.807) is 0 Å². The molecule has 4 nitrogen and oxygen atoms in total. The standard InChI is InChI=1S/C10H16N2O2/c11-6-7-12-10(13)14-8-9-4-2-1-3-5-9/h9H,1-5,7-8H2,(H,12,13). The second-order valence-electron chi connectivity index (χ2n) is 3.61. The zero-order chi connectivity index (χ0) is 10.2. The monoisotopic (exact) mass is 196 g/mol. The molecule has 0 radical (unpaired) electrons. The largest absolute Gasteiger partial charge is 0.449 e. The molecule has 0 aromatic rings. The molecule has 1 aliphatic rings. The van der Waals surface area contributed by atoms with Crippen molar-refractivity contribution in [3.63, 3.8) is 0 Å². The minimum Gasteiger partial charge on any atom is -0.449 e. The third-order valence-electron chi connectivity index (χ3n) is 2.49. The van der Waals surface area contributed by atoms with Crippen LogP contribution in [-0.4, -0.2) is 19.2 Å². The third kappa shape index (κ3) is 4.13. The molecule has 4 heteroatoms. The molecule has 0 saturated heterocycles. The number of nitriles is 1. The number of alkyl carbamates (subject to hydrolysis) is 1. The fourth-order valence-electron chi connectivity index (χ4n) is 1.71. The summed E-state index contributed by atoms with van der Waals surface area (Å²) in [6.45, 7) is 0.515. The van der Waals surface area contributed by atoms with E-state index >= 15 is 0 Å². The van der Waals surface area contributed by atoms with Crippen LogP contribution in [0.5, 0.6) is 0 Å². The average molecular weight is 196 g/mol. The van der Waals surface area contributed by atoms with Gasteiger partial charge in [0.15, 0.2) is 0 Å². The van der Waals surface area contributed by atoms with E-state index < -0.39 is 6.09 Å². The number of hydrogen-bond acceptors (Lipinski definition) is 3. The van der Waals surface area contributed by atoms with Crippen molar-refractivity contribution in [2.24, 2.45) is 5.92 Å². The number of nitrogens with one attached hydrogen (secondary N) is 1. The third-order valence-corrected chi connectivity index (χ3v) is 2.49. The van der Waals surface area contributed by atoms with Gasteiger partial charge in [0.05, 0.1) is 12.7 Å². The van der Waals surface area contributed by atoms with Crippen LogP contribution in [0.2, 0.25) is 0 Å². The maximum Gasteiger partial charge on any atom is 0.407 e. The van der Waals surface area contributed by atoms with Crippen molar-refractivity contribution in [3.05, 3.63) is 0 Å². The highest BCUT2D eigenvalue weighted by molar-refractivity contribution is 5.67. The SMILES string of the molecule is N#CCNC(=O)OCC1CCCCC1. The highest BCUT2D eigenvalue weighted by Crippen LogP contribution is 2.23. The first kappa shape index (κ1) is 10.8. The lowest BCUT2D eigenvalue weighted by atomic mass is 9.90. The molecule has 0 atom stereocenters. The Kier molecular flexibility index (Phi) is 4.84. The smallest absolute Gasteiger partial charge is 0.407 e. The molecule has 0 unspecified atom stereocenters. The molecule has 0 bridgehead atoms. The first-order valence-corrected chi connectivity index (χ1v) is 5.10. The predicted octanol–water partition coefficient (Wildman–Crippen LogP) is 1.82. The highest BCUT2D eigenvalue weighted by Gasteiger charge is 2.14. The van der Waals surface area contributed by atoms with E-state index in [4.69, 9.17) is 10.00 Å². The van der Waals surface area contributed by atoms with Gasteiger partial charge in [-0.25, -0.2) is 4.79 Å². The summed E-state index contributed by atoms with van der Waals surface area (Å²) >= 11 is 0. The molecule has 0 spiro atoms. The van der Waals surface area contributed by atoms with Gasteiger partial charge in [-0.05, 0) is 18.8 Å². The van der Waals surface area contributed by atoms with E-state index in [1.165, 1.54) is 19.3 Å². The quantitative estimate of drug-likeness (QED) is 0.700. The van der Waals surface area contributed by atoms with Crippen LogP contribution in [0.3, 0.4) is 0 Å².